The lowest BCUT2D eigenvalue weighted by Crippen LogP contribution is -2.44. The zero-order valence-corrected chi connectivity index (χ0v) is 14.8. The van der Waals surface area contributed by atoms with Crippen LogP contribution in [0.3, 0.4) is 0 Å². The highest BCUT2D eigenvalue weighted by atomic mass is 19.4. The lowest BCUT2D eigenvalue weighted by atomic mass is 10.1. The molecule has 2 rings (SSSR count). The van der Waals surface area contributed by atoms with Gasteiger partial charge in [0.05, 0.1) is 11.5 Å². The van der Waals surface area contributed by atoms with E-state index in [0.29, 0.717) is 12.0 Å². The lowest BCUT2D eigenvalue weighted by Gasteiger charge is -2.19. The standard InChI is InChI=1S/C18H21F3N2O4/c1-2-4-14(17(26)27)22-16(25)12-8-15(24)23(10-12)9-11-5-3-6-13(7-11)18(19,20)21/h3,5-7,12,14H,2,4,8-10H2,1H3,(H,22,25)(H,26,27). The third-order valence-corrected chi connectivity index (χ3v) is 4.40. The van der Waals surface area contributed by atoms with E-state index < -0.39 is 35.6 Å². The van der Waals surface area contributed by atoms with Gasteiger partial charge in [-0.05, 0) is 24.1 Å². The molecule has 0 aromatic heterocycles. The van der Waals surface area contributed by atoms with E-state index in [9.17, 15) is 27.6 Å². The predicted molar refractivity (Wildman–Crippen MR) is 89.4 cm³/mol. The molecule has 1 aromatic carbocycles. The van der Waals surface area contributed by atoms with Gasteiger partial charge in [0.15, 0.2) is 0 Å². The maximum Gasteiger partial charge on any atom is 0.416 e. The molecular weight excluding hydrogens is 365 g/mol. The summed E-state index contributed by atoms with van der Waals surface area (Å²) in [5.41, 5.74) is -0.488. The summed E-state index contributed by atoms with van der Waals surface area (Å²) in [6, 6.07) is 3.66. The number of amides is 2. The normalized spacial score (nSPS) is 18.4. The number of hydrogen-bond donors (Lipinski definition) is 2. The molecule has 2 amide bonds. The zero-order chi connectivity index (χ0) is 20.2. The second-order valence-electron chi connectivity index (χ2n) is 6.56. The molecule has 2 unspecified atom stereocenters. The summed E-state index contributed by atoms with van der Waals surface area (Å²) in [6.07, 6.45) is -3.72. The fraction of sp³-hybridized carbons (Fsp3) is 0.500. The number of rotatable bonds is 7. The van der Waals surface area contributed by atoms with E-state index in [1.54, 1.807) is 6.92 Å². The topological polar surface area (TPSA) is 86.7 Å². The molecule has 148 valence electrons. The molecule has 0 radical (unpaired) electrons. The summed E-state index contributed by atoms with van der Waals surface area (Å²) in [5, 5.41) is 11.5. The van der Waals surface area contributed by atoms with Gasteiger partial charge in [-0.1, -0.05) is 25.5 Å². The van der Waals surface area contributed by atoms with Crippen LogP contribution in [0.4, 0.5) is 13.2 Å². The van der Waals surface area contributed by atoms with Crippen molar-refractivity contribution in [3.8, 4) is 0 Å². The molecule has 27 heavy (non-hydrogen) atoms. The summed E-state index contributed by atoms with van der Waals surface area (Å²) in [5.74, 6) is -2.75. The minimum absolute atomic E-state index is 0.0378. The SMILES string of the molecule is CCCC(NC(=O)C1CC(=O)N(Cc2cccc(C(F)(F)F)c2)C1)C(=O)O. The Kier molecular flexibility index (Phi) is 6.45. The fourth-order valence-corrected chi connectivity index (χ4v) is 3.00. The maximum absolute atomic E-state index is 12.8. The van der Waals surface area contributed by atoms with Crippen molar-refractivity contribution >= 4 is 17.8 Å². The van der Waals surface area contributed by atoms with E-state index in [1.165, 1.54) is 17.0 Å². The number of benzene rings is 1. The molecule has 0 spiro atoms. The Bertz CT molecular complexity index is 721. The first-order valence-electron chi connectivity index (χ1n) is 8.59. The van der Waals surface area contributed by atoms with Crippen LogP contribution >= 0.6 is 0 Å². The van der Waals surface area contributed by atoms with Crippen molar-refractivity contribution in [2.75, 3.05) is 6.54 Å². The molecule has 0 saturated carbocycles. The first-order valence-corrected chi connectivity index (χ1v) is 8.59. The van der Waals surface area contributed by atoms with Crippen molar-refractivity contribution < 1.29 is 32.7 Å². The van der Waals surface area contributed by atoms with Crippen molar-refractivity contribution in [1.29, 1.82) is 0 Å². The molecule has 1 fully saturated rings. The number of carboxylic acids is 1. The molecule has 6 nitrogen and oxygen atoms in total. The summed E-state index contributed by atoms with van der Waals surface area (Å²) < 4.78 is 38.4. The second kappa shape index (κ2) is 8.41. The highest BCUT2D eigenvalue weighted by molar-refractivity contribution is 5.91. The summed E-state index contributed by atoms with van der Waals surface area (Å²) in [4.78, 5) is 36.8. The van der Waals surface area contributed by atoms with Crippen LogP contribution in [0, 0.1) is 5.92 Å². The Hall–Kier alpha value is -2.58. The molecule has 0 aliphatic carbocycles. The van der Waals surface area contributed by atoms with Gasteiger partial charge in [-0.2, -0.15) is 13.2 Å². The molecule has 2 atom stereocenters. The number of nitrogens with one attached hydrogen (secondary N) is 1. The van der Waals surface area contributed by atoms with Crippen LogP contribution in [0.2, 0.25) is 0 Å². The molecule has 1 aromatic rings. The quantitative estimate of drug-likeness (QED) is 0.754. The van der Waals surface area contributed by atoms with Crippen molar-refractivity contribution in [1.82, 2.24) is 10.2 Å². The third-order valence-electron chi connectivity index (χ3n) is 4.40. The summed E-state index contributed by atoms with van der Waals surface area (Å²) in [6.45, 7) is 1.79. The van der Waals surface area contributed by atoms with Crippen LogP contribution in [0.1, 0.15) is 37.3 Å². The third kappa shape index (κ3) is 5.45. The van der Waals surface area contributed by atoms with Gasteiger partial charge in [0.25, 0.3) is 0 Å². The van der Waals surface area contributed by atoms with E-state index in [4.69, 9.17) is 5.11 Å². The number of hydrogen-bond acceptors (Lipinski definition) is 3. The van der Waals surface area contributed by atoms with Gasteiger partial charge in [0.1, 0.15) is 6.04 Å². The van der Waals surface area contributed by atoms with Crippen molar-refractivity contribution in [2.24, 2.45) is 5.92 Å². The lowest BCUT2D eigenvalue weighted by molar-refractivity contribution is -0.142. The Morgan fingerprint density at radius 3 is 2.67 bits per heavy atom. The largest absolute Gasteiger partial charge is 0.480 e. The molecule has 2 N–H and O–H groups in total. The van der Waals surface area contributed by atoms with Crippen LogP contribution in [-0.4, -0.2) is 40.4 Å². The second-order valence-corrected chi connectivity index (χ2v) is 6.56. The monoisotopic (exact) mass is 386 g/mol. The van der Waals surface area contributed by atoms with Crippen LogP contribution in [0.15, 0.2) is 24.3 Å². The van der Waals surface area contributed by atoms with E-state index >= 15 is 0 Å². The minimum atomic E-state index is -4.47. The van der Waals surface area contributed by atoms with Crippen molar-refractivity contribution in [2.45, 2.75) is 44.9 Å². The highest BCUT2D eigenvalue weighted by Gasteiger charge is 2.36. The Labute approximate surface area is 154 Å². The van der Waals surface area contributed by atoms with Crippen LogP contribution < -0.4 is 5.32 Å². The van der Waals surface area contributed by atoms with Gasteiger partial charge in [-0.15, -0.1) is 0 Å². The first-order chi connectivity index (χ1) is 12.6. The number of carbonyl (C=O) groups is 3. The van der Waals surface area contributed by atoms with Crippen LogP contribution in [0.5, 0.6) is 0 Å². The smallest absolute Gasteiger partial charge is 0.416 e. The number of carboxylic acid groups (broad SMARTS) is 1. The van der Waals surface area contributed by atoms with Crippen LogP contribution in [0.25, 0.3) is 0 Å². The molecule has 1 heterocycles. The first kappa shape index (κ1) is 20.7. The predicted octanol–water partition coefficient (Wildman–Crippen LogP) is 2.42. The van der Waals surface area contributed by atoms with E-state index in [1.807, 2.05) is 0 Å². The molecule has 1 aliphatic rings. The average Bonchev–Trinajstić information content (AvgIpc) is 2.94. The summed E-state index contributed by atoms with van der Waals surface area (Å²) >= 11 is 0. The number of nitrogens with zero attached hydrogens (tertiary/aromatic N) is 1. The van der Waals surface area contributed by atoms with Gasteiger partial charge >= 0.3 is 12.1 Å². The Balaban J connectivity index is 2.01. The van der Waals surface area contributed by atoms with Crippen LogP contribution in [-0.2, 0) is 27.1 Å². The van der Waals surface area contributed by atoms with Gasteiger partial charge < -0.3 is 15.3 Å². The molecule has 1 saturated heterocycles. The van der Waals surface area contributed by atoms with Gasteiger partial charge in [-0.25, -0.2) is 4.79 Å². The number of aliphatic carboxylic acids is 1. The zero-order valence-electron chi connectivity index (χ0n) is 14.8. The average molecular weight is 386 g/mol. The minimum Gasteiger partial charge on any atom is -0.480 e. The molecule has 9 heteroatoms. The van der Waals surface area contributed by atoms with E-state index in [-0.39, 0.29) is 31.8 Å². The van der Waals surface area contributed by atoms with Crippen molar-refractivity contribution in [3.05, 3.63) is 35.4 Å². The number of likely N-dealkylation sites (tertiary alicyclic amines) is 1. The Morgan fingerprint density at radius 1 is 1.37 bits per heavy atom. The van der Waals surface area contributed by atoms with Gasteiger partial charge in [-0.3, -0.25) is 9.59 Å². The number of halogens is 3. The molecule has 0 bridgehead atoms. The van der Waals surface area contributed by atoms with Gasteiger partial charge in [0.2, 0.25) is 11.8 Å². The fourth-order valence-electron chi connectivity index (χ4n) is 3.00. The highest BCUT2D eigenvalue weighted by Crippen LogP contribution is 2.30. The maximum atomic E-state index is 12.8. The van der Waals surface area contributed by atoms with Crippen molar-refractivity contribution in [3.63, 3.8) is 0 Å². The molecule has 1 aliphatic heterocycles. The summed E-state index contributed by atoms with van der Waals surface area (Å²) in [7, 11) is 0. The molecular formula is C18H21F3N2O4. The van der Waals surface area contributed by atoms with E-state index in [2.05, 4.69) is 5.32 Å². The Morgan fingerprint density at radius 2 is 2.07 bits per heavy atom. The number of carbonyl (C=O) groups excluding carboxylic acids is 2. The number of alkyl halides is 3. The van der Waals surface area contributed by atoms with Gasteiger partial charge in [0, 0.05) is 19.5 Å². The van der Waals surface area contributed by atoms with E-state index in [0.717, 1.165) is 12.1 Å².